The maximum absolute atomic E-state index is 5.66. The Bertz CT molecular complexity index is 1200. The lowest BCUT2D eigenvalue weighted by Crippen LogP contribution is -2.19. The van der Waals surface area contributed by atoms with Crippen LogP contribution >= 0.6 is 11.3 Å². The predicted molar refractivity (Wildman–Crippen MR) is 116 cm³/mol. The van der Waals surface area contributed by atoms with Gasteiger partial charge in [0.1, 0.15) is 34.1 Å². The highest BCUT2D eigenvalue weighted by atomic mass is 32.1. The normalized spacial score (nSPS) is 14.2. The van der Waals surface area contributed by atoms with Gasteiger partial charge in [-0.2, -0.15) is 0 Å². The Morgan fingerprint density at radius 1 is 1.21 bits per heavy atom. The number of thiophene rings is 1. The number of fused-ring (bicyclic) bond motifs is 3. The van der Waals surface area contributed by atoms with Crippen LogP contribution in [0.2, 0.25) is 0 Å². The standard InChI is InChI=1S/C22H23N5OS/c1-13-24-20(18-15-8-6-10-17(15)29-22(18)25-13)26-19(21-23-11-12-27(21)2)14-7-4-5-9-16(14)28-3/h4-5,7,9,11-12,19H,6,8,10H2,1-3H3,(H,24,25,26). The van der Waals surface area contributed by atoms with Crippen molar-refractivity contribution in [3.05, 3.63) is 64.3 Å². The van der Waals surface area contributed by atoms with Crippen molar-refractivity contribution in [3.8, 4) is 5.75 Å². The van der Waals surface area contributed by atoms with Crippen LogP contribution in [0, 0.1) is 6.92 Å². The summed E-state index contributed by atoms with van der Waals surface area (Å²) in [5, 5.41) is 4.87. The van der Waals surface area contributed by atoms with Crippen LogP contribution in [0.4, 0.5) is 5.82 Å². The molecule has 3 aromatic heterocycles. The van der Waals surface area contributed by atoms with Gasteiger partial charge in [0, 0.05) is 29.9 Å². The summed E-state index contributed by atoms with van der Waals surface area (Å²) < 4.78 is 7.70. The predicted octanol–water partition coefficient (Wildman–Crippen LogP) is 4.43. The molecule has 1 aromatic carbocycles. The monoisotopic (exact) mass is 405 g/mol. The number of hydrogen-bond acceptors (Lipinski definition) is 6. The van der Waals surface area contributed by atoms with Crippen molar-refractivity contribution in [1.82, 2.24) is 19.5 Å². The van der Waals surface area contributed by atoms with E-state index in [1.54, 1.807) is 7.11 Å². The van der Waals surface area contributed by atoms with Crippen LogP contribution in [0.1, 0.15) is 40.1 Å². The van der Waals surface area contributed by atoms with Crippen molar-refractivity contribution >= 4 is 27.4 Å². The van der Waals surface area contributed by atoms with E-state index in [0.29, 0.717) is 0 Å². The lowest BCUT2D eigenvalue weighted by atomic mass is 10.0. The molecule has 29 heavy (non-hydrogen) atoms. The summed E-state index contributed by atoms with van der Waals surface area (Å²) in [6.07, 6.45) is 7.23. The van der Waals surface area contributed by atoms with Gasteiger partial charge in [0.25, 0.3) is 0 Å². The second kappa shape index (κ2) is 7.15. The lowest BCUT2D eigenvalue weighted by Gasteiger charge is -2.22. The molecule has 7 heteroatoms. The highest BCUT2D eigenvalue weighted by Crippen LogP contribution is 2.41. The molecule has 6 nitrogen and oxygen atoms in total. The third-order valence-electron chi connectivity index (χ3n) is 5.52. The fraction of sp³-hybridized carbons (Fsp3) is 0.318. The van der Waals surface area contributed by atoms with Gasteiger partial charge < -0.3 is 14.6 Å². The number of aryl methyl sites for hydroxylation is 4. The fourth-order valence-corrected chi connectivity index (χ4v) is 5.49. The third kappa shape index (κ3) is 3.06. The van der Waals surface area contributed by atoms with Crippen molar-refractivity contribution in [3.63, 3.8) is 0 Å². The Labute approximate surface area is 173 Å². The number of nitrogens with one attached hydrogen (secondary N) is 1. The van der Waals surface area contributed by atoms with Crippen LogP contribution in [0.25, 0.3) is 10.2 Å². The van der Waals surface area contributed by atoms with Gasteiger partial charge >= 0.3 is 0 Å². The van der Waals surface area contributed by atoms with E-state index in [2.05, 4.69) is 16.4 Å². The molecular weight excluding hydrogens is 382 g/mol. The van der Waals surface area contributed by atoms with Crippen molar-refractivity contribution < 1.29 is 4.74 Å². The number of nitrogens with zero attached hydrogens (tertiary/aromatic N) is 4. The molecular formula is C22H23N5OS. The zero-order valence-electron chi connectivity index (χ0n) is 16.8. The molecule has 0 bridgehead atoms. The largest absolute Gasteiger partial charge is 0.496 e. The van der Waals surface area contributed by atoms with Crippen LogP contribution in [-0.4, -0.2) is 26.6 Å². The average Bonchev–Trinajstić information content (AvgIpc) is 3.41. The summed E-state index contributed by atoms with van der Waals surface area (Å²) in [7, 11) is 3.71. The quantitative estimate of drug-likeness (QED) is 0.532. The molecule has 5 rings (SSSR count). The van der Waals surface area contributed by atoms with Gasteiger partial charge in [-0.25, -0.2) is 15.0 Å². The Morgan fingerprint density at radius 3 is 2.86 bits per heavy atom. The first-order valence-electron chi connectivity index (χ1n) is 9.81. The molecule has 148 valence electrons. The van der Waals surface area contributed by atoms with Gasteiger partial charge in [-0.15, -0.1) is 11.3 Å². The smallest absolute Gasteiger partial charge is 0.139 e. The van der Waals surface area contributed by atoms with Crippen LogP contribution in [-0.2, 0) is 19.9 Å². The van der Waals surface area contributed by atoms with Gasteiger partial charge in [-0.3, -0.25) is 0 Å². The van der Waals surface area contributed by atoms with Crippen molar-refractivity contribution in [2.24, 2.45) is 7.05 Å². The van der Waals surface area contributed by atoms with E-state index < -0.39 is 0 Å². The number of rotatable bonds is 5. The van der Waals surface area contributed by atoms with E-state index in [-0.39, 0.29) is 6.04 Å². The number of aromatic nitrogens is 4. The van der Waals surface area contributed by atoms with E-state index in [1.165, 1.54) is 22.2 Å². The summed E-state index contributed by atoms with van der Waals surface area (Å²) >= 11 is 1.81. The summed E-state index contributed by atoms with van der Waals surface area (Å²) in [6.45, 7) is 1.95. The number of ether oxygens (including phenoxy) is 1. The maximum Gasteiger partial charge on any atom is 0.139 e. The number of para-hydroxylation sites is 1. The molecule has 0 fully saturated rings. The number of methoxy groups -OCH3 is 1. The van der Waals surface area contributed by atoms with E-state index >= 15 is 0 Å². The molecule has 0 radical (unpaired) electrons. The molecule has 1 N–H and O–H groups in total. The topological polar surface area (TPSA) is 64.9 Å². The number of anilines is 1. The van der Waals surface area contributed by atoms with Gasteiger partial charge in [-0.05, 0) is 37.8 Å². The Balaban J connectivity index is 1.68. The second-order valence-electron chi connectivity index (χ2n) is 7.37. The molecule has 0 aliphatic heterocycles. The van der Waals surface area contributed by atoms with Gasteiger partial charge in [-0.1, -0.05) is 18.2 Å². The van der Waals surface area contributed by atoms with E-state index in [4.69, 9.17) is 14.7 Å². The summed E-state index contributed by atoms with van der Waals surface area (Å²) in [4.78, 5) is 16.7. The molecule has 1 aliphatic rings. The minimum atomic E-state index is -0.194. The van der Waals surface area contributed by atoms with Crippen LogP contribution < -0.4 is 10.1 Å². The summed E-state index contributed by atoms with van der Waals surface area (Å²) in [5.74, 6) is 3.39. The van der Waals surface area contributed by atoms with Gasteiger partial charge in [0.2, 0.25) is 0 Å². The molecule has 0 amide bonds. The summed E-state index contributed by atoms with van der Waals surface area (Å²) in [6, 6.07) is 7.88. The summed E-state index contributed by atoms with van der Waals surface area (Å²) in [5.41, 5.74) is 2.44. The Kier molecular flexibility index (Phi) is 4.47. The SMILES string of the molecule is COc1ccccc1C(Nc1nc(C)nc2sc3c(c12)CCC3)c1nccn1C. The fourth-order valence-electron chi connectivity index (χ4n) is 4.19. The first-order chi connectivity index (χ1) is 14.2. The molecule has 3 heterocycles. The molecule has 0 saturated heterocycles. The van der Waals surface area contributed by atoms with Crippen molar-refractivity contribution in [2.75, 3.05) is 12.4 Å². The highest BCUT2D eigenvalue weighted by molar-refractivity contribution is 7.19. The van der Waals surface area contributed by atoms with Crippen LogP contribution in [0.15, 0.2) is 36.7 Å². The molecule has 1 aliphatic carbocycles. The molecule has 1 atom stereocenters. The maximum atomic E-state index is 5.66. The zero-order chi connectivity index (χ0) is 20.0. The zero-order valence-corrected chi connectivity index (χ0v) is 17.6. The van der Waals surface area contributed by atoms with E-state index in [0.717, 1.165) is 46.5 Å². The third-order valence-corrected chi connectivity index (χ3v) is 6.71. The number of hydrogen-bond donors (Lipinski definition) is 1. The lowest BCUT2D eigenvalue weighted by molar-refractivity contribution is 0.408. The number of benzene rings is 1. The van der Waals surface area contributed by atoms with Gasteiger partial charge in [0.05, 0.1) is 12.5 Å². The average molecular weight is 406 g/mol. The Morgan fingerprint density at radius 2 is 2.07 bits per heavy atom. The second-order valence-corrected chi connectivity index (χ2v) is 8.46. The number of imidazole rings is 1. The Hall–Kier alpha value is -2.93. The van der Waals surface area contributed by atoms with Crippen molar-refractivity contribution in [1.29, 1.82) is 0 Å². The van der Waals surface area contributed by atoms with E-state index in [9.17, 15) is 0 Å². The minimum absolute atomic E-state index is 0.194. The first kappa shape index (κ1) is 18.1. The molecule has 0 saturated carbocycles. The van der Waals surface area contributed by atoms with E-state index in [1.807, 2.05) is 60.5 Å². The minimum Gasteiger partial charge on any atom is -0.496 e. The molecule has 4 aromatic rings. The molecule has 1 unspecified atom stereocenters. The van der Waals surface area contributed by atoms with Crippen LogP contribution in [0.5, 0.6) is 5.75 Å². The van der Waals surface area contributed by atoms with Crippen molar-refractivity contribution in [2.45, 2.75) is 32.2 Å². The van der Waals surface area contributed by atoms with Crippen LogP contribution in [0.3, 0.4) is 0 Å². The van der Waals surface area contributed by atoms with Gasteiger partial charge in [0.15, 0.2) is 0 Å². The highest BCUT2D eigenvalue weighted by Gasteiger charge is 2.26. The first-order valence-corrected chi connectivity index (χ1v) is 10.6. The molecule has 0 spiro atoms.